The van der Waals surface area contributed by atoms with E-state index in [0.717, 1.165) is 23.0 Å². The highest BCUT2D eigenvalue weighted by molar-refractivity contribution is 5.88. The SMILES string of the molecule is O[C@H](CN[C@H]1C[C@@H]2CC[C@@H]1C2)COc1cccc2ccccc12. The van der Waals surface area contributed by atoms with Crippen molar-refractivity contribution in [3.8, 4) is 5.75 Å². The smallest absolute Gasteiger partial charge is 0.127 e. The second-order valence-electron chi connectivity index (χ2n) is 7.13. The fourth-order valence-electron chi connectivity index (χ4n) is 4.35. The maximum absolute atomic E-state index is 10.2. The van der Waals surface area contributed by atoms with E-state index in [2.05, 4.69) is 23.5 Å². The first-order valence-corrected chi connectivity index (χ1v) is 8.81. The van der Waals surface area contributed by atoms with E-state index in [4.69, 9.17) is 4.74 Å². The number of ether oxygens (including phenoxy) is 1. The Morgan fingerprint density at radius 2 is 1.96 bits per heavy atom. The third kappa shape index (κ3) is 3.22. The minimum atomic E-state index is -0.465. The molecule has 0 heterocycles. The molecule has 0 amide bonds. The number of benzene rings is 2. The van der Waals surface area contributed by atoms with Crippen LogP contribution in [0.5, 0.6) is 5.75 Å². The van der Waals surface area contributed by atoms with Gasteiger partial charge in [-0.2, -0.15) is 0 Å². The van der Waals surface area contributed by atoms with E-state index in [1.54, 1.807) is 0 Å². The number of hydrogen-bond acceptors (Lipinski definition) is 3. The zero-order chi connectivity index (χ0) is 15.6. The lowest BCUT2D eigenvalue weighted by Gasteiger charge is -2.24. The summed E-state index contributed by atoms with van der Waals surface area (Å²) >= 11 is 0. The largest absolute Gasteiger partial charge is 0.490 e. The fourth-order valence-corrected chi connectivity index (χ4v) is 4.35. The third-order valence-corrected chi connectivity index (χ3v) is 5.53. The molecule has 2 aromatic carbocycles. The van der Waals surface area contributed by atoms with Gasteiger partial charge < -0.3 is 15.2 Å². The summed E-state index contributed by atoms with van der Waals surface area (Å²) in [4.78, 5) is 0. The molecule has 0 aromatic heterocycles. The second kappa shape index (κ2) is 6.50. The summed E-state index contributed by atoms with van der Waals surface area (Å²) in [7, 11) is 0. The minimum Gasteiger partial charge on any atom is -0.490 e. The van der Waals surface area contributed by atoms with Gasteiger partial charge in [0.1, 0.15) is 18.5 Å². The molecule has 2 N–H and O–H groups in total. The molecule has 2 fully saturated rings. The summed E-state index contributed by atoms with van der Waals surface area (Å²) in [6.45, 7) is 0.959. The monoisotopic (exact) mass is 311 g/mol. The molecule has 122 valence electrons. The molecule has 2 bridgehead atoms. The highest BCUT2D eigenvalue weighted by Gasteiger charge is 2.39. The van der Waals surface area contributed by atoms with Crippen LogP contribution in [0.1, 0.15) is 25.7 Å². The molecule has 23 heavy (non-hydrogen) atoms. The van der Waals surface area contributed by atoms with Crippen molar-refractivity contribution in [3.05, 3.63) is 42.5 Å². The van der Waals surface area contributed by atoms with Crippen molar-refractivity contribution in [3.63, 3.8) is 0 Å². The van der Waals surface area contributed by atoms with Gasteiger partial charge >= 0.3 is 0 Å². The molecule has 0 aliphatic heterocycles. The van der Waals surface area contributed by atoms with Gasteiger partial charge in [0, 0.05) is 18.0 Å². The molecule has 2 aromatic rings. The molecular formula is C20H25NO2. The second-order valence-corrected chi connectivity index (χ2v) is 7.13. The van der Waals surface area contributed by atoms with Crippen LogP contribution in [-0.2, 0) is 0 Å². The molecule has 0 radical (unpaired) electrons. The summed E-state index contributed by atoms with van der Waals surface area (Å²) < 4.78 is 5.87. The molecule has 2 aliphatic carbocycles. The molecule has 3 heteroatoms. The Labute approximate surface area is 137 Å². The summed E-state index contributed by atoms with van der Waals surface area (Å²) in [5.41, 5.74) is 0. The highest BCUT2D eigenvalue weighted by atomic mass is 16.5. The van der Waals surface area contributed by atoms with E-state index in [0.29, 0.717) is 19.2 Å². The van der Waals surface area contributed by atoms with Gasteiger partial charge in [0.2, 0.25) is 0 Å². The Morgan fingerprint density at radius 3 is 2.78 bits per heavy atom. The lowest BCUT2D eigenvalue weighted by atomic mass is 9.95. The average molecular weight is 311 g/mol. The Balaban J connectivity index is 1.30. The van der Waals surface area contributed by atoms with Crippen molar-refractivity contribution in [2.45, 2.75) is 37.8 Å². The molecule has 0 saturated heterocycles. The Morgan fingerprint density at radius 1 is 1.09 bits per heavy atom. The van der Waals surface area contributed by atoms with E-state index in [9.17, 15) is 5.11 Å². The van der Waals surface area contributed by atoms with Crippen LogP contribution >= 0.6 is 0 Å². The summed E-state index contributed by atoms with van der Waals surface area (Å²) in [6.07, 6.45) is 5.00. The van der Waals surface area contributed by atoms with Crippen molar-refractivity contribution < 1.29 is 9.84 Å². The van der Waals surface area contributed by atoms with Crippen LogP contribution in [0.3, 0.4) is 0 Å². The van der Waals surface area contributed by atoms with Crippen LogP contribution in [0.4, 0.5) is 0 Å². The van der Waals surface area contributed by atoms with E-state index >= 15 is 0 Å². The summed E-state index contributed by atoms with van der Waals surface area (Å²) in [5, 5.41) is 16.0. The number of aliphatic hydroxyl groups is 1. The number of fused-ring (bicyclic) bond motifs is 3. The lowest BCUT2D eigenvalue weighted by Crippen LogP contribution is -2.40. The van der Waals surface area contributed by atoms with Gasteiger partial charge in [-0.1, -0.05) is 42.8 Å². The van der Waals surface area contributed by atoms with Crippen molar-refractivity contribution in [2.24, 2.45) is 11.8 Å². The number of aliphatic hydroxyl groups excluding tert-OH is 1. The predicted octanol–water partition coefficient (Wildman–Crippen LogP) is 3.36. The summed E-state index contributed by atoms with van der Waals surface area (Å²) in [5.74, 6) is 2.62. The first kappa shape index (κ1) is 15.0. The van der Waals surface area contributed by atoms with Gasteiger partial charge in [-0.15, -0.1) is 0 Å². The van der Waals surface area contributed by atoms with Gasteiger partial charge in [0.15, 0.2) is 0 Å². The van der Waals surface area contributed by atoms with E-state index in [-0.39, 0.29) is 0 Å². The average Bonchev–Trinajstić information content (AvgIpc) is 3.21. The van der Waals surface area contributed by atoms with E-state index in [1.165, 1.54) is 31.1 Å². The van der Waals surface area contributed by atoms with Gasteiger partial charge in [-0.3, -0.25) is 0 Å². The molecule has 4 atom stereocenters. The molecule has 0 unspecified atom stereocenters. The minimum absolute atomic E-state index is 0.335. The molecule has 4 rings (SSSR count). The molecule has 0 spiro atoms. The standard InChI is InChI=1S/C20H25NO2/c22-17(12-21-19-11-14-8-9-16(19)10-14)13-23-20-7-3-5-15-4-1-2-6-18(15)20/h1-7,14,16-17,19,21-22H,8-13H2/t14-,16-,17-,19+/m1/s1. The van der Waals surface area contributed by atoms with Crippen molar-refractivity contribution in [1.82, 2.24) is 5.32 Å². The molecular weight excluding hydrogens is 286 g/mol. The van der Waals surface area contributed by atoms with Crippen LogP contribution in [0, 0.1) is 11.8 Å². The maximum atomic E-state index is 10.2. The van der Waals surface area contributed by atoms with E-state index in [1.807, 2.05) is 24.3 Å². The number of nitrogens with one attached hydrogen (secondary N) is 1. The first-order valence-electron chi connectivity index (χ1n) is 8.81. The lowest BCUT2D eigenvalue weighted by molar-refractivity contribution is 0.102. The van der Waals surface area contributed by atoms with Crippen molar-refractivity contribution in [1.29, 1.82) is 0 Å². The molecule has 2 aliphatic rings. The predicted molar refractivity (Wildman–Crippen MR) is 92.7 cm³/mol. The van der Waals surface area contributed by atoms with Gasteiger partial charge in [0.25, 0.3) is 0 Å². The number of rotatable bonds is 6. The van der Waals surface area contributed by atoms with Crippen LogP contribution in [0.2, 0.25) is 0 Å². The Bertz CT molecular complexity index is 666. The van der Waals surface area contributed by atoms with Gasteiger partial charge in [0.05, 0.1) is 0 Å². The van der Waals surface area contributed by atoms with Crippen molar-refractivity contribution >= 4 is 10.8 Å². The van der Waals surface area contributed by atoms with Gasteiger partial charge in [-0.25, -0.2) is 0 Å². The summed E-state index contributed by atoms with van der Waals surface area (Å²) in [6, 6.07) is 14.8. The van der Waals surface area contributed by atoms with Crippen LogP contribution in [-0.4, -0.2) is 30.4 Å². The zero-order valence-corrected chi connectivity index (χ0v) is 13.4. The van der Waals surface area contributed by atoms with E-state index < -0.39 is 6.10 Å². The van der Waals surface area contributed by atoms with Crippen LogP contribution in [0.15, 0.2) is 42.5 Å². The Kier molecular flexibility index (Phi) is 4.23. The quantitative estimate of drug-likeness (QED) is 0.859. The Hall–Kier alpha value is -1.58. The molecule has 2 saturated carbocycles. The highest BCUT2D eigenvalue weighted by Crippen LogP contribution is 2.44. The van der Waals surface area contributed by atoms with Gasteiger partial charge in [-0.05, 0) is 42.6 Å². The first-order chi connectivity index (χ1) is 11.3. The van der Waals surface area contributed by atoms with Crippen molar-refractivity contribution in [2.75, 3.05) is 13.2 Å². The zero-order valence-electron chi connectivity index (χ0n) is 13.4. The van der Waals surface area contributed by atoms with Crippen LogP contribution in [0.25, 0.3) is 10.8 Å². The van der Waals surface area contributed by atoms with Crippen LogP contribution < -0.4 is 10.1 Å². The normalized spacial score (nSPS) is 27.4. The molecule has 3 nitrogen and oxygen atoms in total. The fraction of sp³-hybridized carbons (Fsp3) is 0.500. The third-order valence-electron chi connectivity index (χ3n) is 5.53. The topological polar surface area (TPSA) is 41.5 Å². The maximum Gasteiger partial charge on any atom is 0.127 e. The number of hydrogen-bond donors (Lipinski definition) is 2.